The van der Waals surface area contributed by atoms with Crippen LogP contribution in [0.3, 0.4) is 0 Å². The molecule has 1 aromatic rings. The molecule has 27 heavy (non-hydrogen) atoms. The van der Waals surface area contributed by atoms with Gasteiger partial charge in [-0.2, -0.15) is 5.10 Å². The Bertz CT molecular complexity index is 795. The molecule has 1 aliphatic carbocycles. The normalized spacial score (nSPS) is 24.2. The molecule has 0 aromatic carbocycles. The molecule has 0 amide bonds. The van der Waals surface area contributed by atoms with E-state index in [2.05, 4.69) is 50.5 Å². The summed E-state index contributed by atoms with van der Waals surface area (Å²) < 4.78 is 5.63. The molecule has 0 radical (unpaired) electrons. The highest BCUT2D eigenvalue weighted by Crippen LogP contribution is 2.22. The van der Waals surface area contributed by atoms with Gasteiger partial charge in [0.25, 0.3) is 0 Å². The quantitative estimate of drug-likeness (QED) is 0.625. The summed E-state index contributed by atoms with van der Waals surface area (Å²) in [7, 11) is 0. The minimum absolute atomic E-state index is 0.531. The molecule has 142 valence electrons. The summed E-state index contributed by atoms with van der Waals surface area (Å²) >= 11 is 5.57. The van der Waals surface area contributed by atoms with Gasteiger partial charge in [0.15, 0.2) is 5.11 Å². The number of nitrogens with one attached hydrogen (secondary N) is 1. The molecule has 2 aliphatic heterocycles. The zero-order valence-electron chi connectivity index (χ0n) is 15.6. The van der Waals surface area contributed by atoms with Gasteiger partial charge >= 0.3 is 0 Å². The lowest BCUT2D eigenvalue weighted by Gasteiger charge is -2.40. The summed E-state index contributed by atoms with van der Waals surface area (Å²) in [6, 6.07) is 4.33. The molecule has 3 heterocycles. The van der Waals surface area contributed by atoms with Crippen molar-refractivity contribution in [2.75, 3.05) is 32.8 Å². The number of allylic oxidation sites excluding steroid dienone is 2. The summed E-state index contributed by atoms with van der Waals surface area (Å²) in [5.41, 5.74) is 6.22. The van der Waals surface area contributed by atoms with Gasteiger partial charge in [0.1, 0.15) is 11.4 Å². The van der Waals surface area contributed by atoms with Gasteiger partial charge in [0, 0.05) is 44.8 Å². The van der Waals surface area contributed by atoms with E-state index in [1.54, 1.807) is 6.20 Å². The van der Waals surface area contributed by atoms with E-state index in [1.807, 2.05) is 12.1 Å². The third kappa shape index (κ3) is 4.04. The molecule has 1 aromatic heterocycles. The number of nitrogens with zero attached hydrogens (tertiary/aromatic N) is 4. The summed E-state index contributed by atoms with van der Waals surface area (Å²) in [5, 5.41) is 5.21. The van der Waals surface area contributed by atoms with Gasteiger partial charge < -0.3 is 9.64 Å². The number of piperazine rings is 1. The number of fused-ring (bicyclic) bond motifs is 1. The Hall–Kier alpha value is -2.25. The molecule has 1 unspecified atom stereocenters. The molecule has 7 heteroatoms. The maximum Gasteiger partial charge on any atom is 0.189 e. The predicted octanol–water partition coefficient (Wildman–Crippen LogP) is 2.34. The zero-order valence-corrected chi connectivity index (χ0v) is 16.4. The number of aromatic nitrogens is 1. The number of pyridine rings is 1. The zero-order chi connectivity index (χ0) is 18.6. The van der Waals surface area contributed by atoms with Gasteiger partial charge in [0.2, 0.25) is 0 Å². The number of thiocarbonyl (C=S) groups is 1. The molecule has 1 N–H and O–H groups in total. The van der Waals surface area contributed by atoms with E-state index in [1.165, 1.54) is 5.57 Å². The molecular formula is C20H25N5OS. The Labute approximate surface area is 165 Å². The fourth-order valence-electron chi connectivity index (χ4n) is 3.79. The van der Waals surface area contributed by atoms with Gasteiger partial charge in [-0.25, -0.2) is 0 Å². The maximum absolute atomic E-state index is 5.63. The Morgan fingerprint density at radius 3 is 3.00 bits per heavy atom. The topological polar surface area (TPSA) is 53.0 Å². The highest BCUT2D eigenvalue weighted by atomic mass is 32.1. The molecule has 1 atom stereocenters. The van der Waals surface area contributed by atoms with Crippen LogP contribution in [0.5, 0.6) is 5.75 Å². The van der Waals surface area contributed by atoms with Crippen LogP contribution in [0.2, 0.25) is 0 Å². The van der Waals surface area contributed by atoms with Crippen molar-refractivity contribution in [1.82, 2.24) is 20.2 Å². The van der Waals surface area contributed by atoms with Crippen LogP contribution in [0, 0.1) is 0 Å². The fourth-order valence-corrected chi connectivity index (χ4v) is 4.02. The third-order valence-electron chi connectivity index (χ3n) is 5.35. The molecule has 0 spiro atoms. The van der Waals surface area contributed by atoms with Crippen LogP contribution in [0.4, 0.5) is 0 Å². The number of hydrazone groups is 1. The lowest BCUT2D eigenvalue weighted by molar-refractivity contribution is 0.147. The van der Waals surface area contributed by atoms with Gasteiger partial charge in [0.05, 0.1) is 12.3 Å². The predicted molar refractivity (Wildman–Crippen MR) is 111 cm³/mol. The van der Waals surface area contributed by atoms with Crippen LogP contribution in [-0.2, 0) is 0 Å². The van der Waals surface area contributed by atoms with E-state index < -0.39 is 0 Å². The van der Waals surface area contributed by atoms with Crippen LogP contribution in [0.15, 0.2) is 47.2 Å². The van der Waals surface area contributed by atoms with Crippen molar-refractivity contribution in [2.24, 2.45) is 5.10 Å². The Kier molecular flexibility index (Phi) is 5.50. The monoisotopic (exact) mass is 383 g/mol. The third-order valence-corrected chi connectivity index (χ3v) is 5.70. The van der Waals surface area contributed by atoms with Crippen LogP contribution in [0.25, 0.3) is 0 Å². The number of rotatable bonds is 2. The van der Waals surface area contributed by atoms with Crippen molar-refractivity contribution in [3.8, 4) is 5.75 Å². The van der Waals surface area contributed by atoms with E-state index in [0.717, 1.165) is 56.2 Å². The maximum atomic E-state index is 5.63. The van der Waals surface area contributed by atoms with Crippen molar-refractivity contribution in [2.45, 2.75) is 25.8 Å². The second-order valence-electron chi connectivity index (χ2n) is 7.04. The summed E-state index contributed by atoms with van der Waals surface area (Å²) in [6.07, 6.45) is 10.2. The molecule has 6 nitrogen and oxygen atoms in total. The van der Waals surface area contributed by atoms with Crippen molar-refractivity contribution < 1.29 is 4.74 Å². The SMILES string of the molecule is CC1=CC=CCC1N1CCN(C(=S)N/N=C2/CCOc3cccnc32)CC1. The fraction of sp³-hybridized carbons (Fsp3) is 0.450. The molecule has 0 bridgehead atoms. The molecular weight excluding hydrogens is 358 g/mol. The second-order valence-corrected chi connectivity index (χ2v) is 7.42. The average Bonchev–Trinajstić information content (AvgIpc) is 2.72. The first kappa shape index (κ1) is 18.1. The van der Waals surface area contributed by atoms with Crippen molar-refractivity contribution in [1.29, 1.82) is 0 Å². The van der Waals surface area contributed by atoms with E-state index >= 15 is 0 Å². The summed E-state index contributed by atoms with van der Waals surface area (Å²) in [5.74, 6) is 0.786. The Balaban J connectivity index is 1.33. The lowest BCUT2D eigenvalue weighted by Crippen LogP contribution is -2.54. The van der Waals surface area contributed by atoms with Crippen molar-refractivity contribution in [3.05, 3.63) is 47.8 Å². The molecule has 0 saturated carbocycles. The smallest absolute Gasteiger partial charge is 0.189 e. The highest BCUT2D eigenvalue weighted by molar-refractivity contribution is 7.80. The standard InChI is InChI=1S/C20H25N5OS/c1-15-5-2-3-6-17(15)24-10-12-25(13-11-24)20(27)23-22-16-8-14-26-18-7-4-9-21-19(16)18/h2-5,7,9,17H,6,8,10-14H2,1H3,(H,23,27)/b22-16-. The molecule has 1 fully saturated rings. The van der Waals surface area contributed by atoms with Crippen LogP contribution in [-0.4, -0.2) is 64.4 Å². The highest BCUT2D eigenvalue weighted by Gasteiger charge is 2.26. The first-order valence-electron chi connectivity index (χ1n) is 9.49. The van der Waals surface area contributed by atoms with Gasteiger partial charge in [-0.05, 0) is 37.7 Å². The summed E-state index contributed by atoms with van der Waals surface area (Å²) in [4.78, 5) is 9.15. The largest absolute Gasteiger partial charge is 0.491 e. The Morgan fingerprint density at radius 1 is 1.33 bits per heavy atom. The van der Waals surface area contributed by atoms with Crippen molar-refractivity contribution >= 4 is 23.0 Å². The molecule has 1 saturated heterocycles. The molecule has 3 aliphatic rings. The van der Waals surface area contributed by atoms with Crippen LogP contribution in [0.1, 0.15) is 25.5 Å². The van der Waals surface area contributed by atoms with Gasteiger partial charge in [-0.3, -0.25) is 15.3 Å². The van der Waals surface area contributed by atoms with Crippen LogP contribution < -0.4 is 10.2 Å². The first-order valence-corrected chi connectivity index (χ1v) is 9.90. The van der Waals surface area contributed by atoms with Gasteiger partial charge in [-0.15, -0.1) is 0 Å². The van der Waals surface area contributed by atoms with E-state index in [9.17, 15) is 0 Å². The average molecular weight is 384 g/mol. The number of ether oxygens (including phenoxy) is 1. The first-order chi connectivity index (χ1) is 13.2. The Morgan fingerprint density at radius 2 is 2.19 bits per heavy atom. The molecule has 4 rings (SSSR count). The van der Waals surface area contributed by atoms with E-state index in [4.69, 9.17) is 17.0 Å². The van der Waals surface area contributed by atoms with Gasteiger partial charge in [-0.1, -0.05) is 23.8 Å². The number of hydrogen-bond acceptors (Lipinski definition) is 5. The van der Waals surface area contributed by atoms with E-state index in [0.29, 0.717) is 17.8 Å². The lowest BCUT2D eigenvalue weighted by atomic mass is 9.98. The minimum atomic E-state index is 0.531. The minimum Gasteiger partial charge on any atom is -0.491 e. The second kappa shape index (κ2) is 8.19. The van der Waals surface area contributed by atoms with Crippen molar-refractivity contribution in [3.63, 3.8) is 0 Å². The number of hydrogen-bond donors (Lipinski definition) is 1. The summed E-state index contributed by atoms with van der Waals surface area (Å²) in [6.45, 7) is 6.71. The van der Waals surface area contributed by atoms with E-state index in [-0.39, 0.29) is 0 Å². The van der Waals surface area contributed by atoms with Crippen LogP contribution >= 0.6 is 12.2 Å².